The second-order valence-electron chi connectivity index (χ2n) is 7.57. The number of nitrogens with zero attached hydrogens (tertiary/aromatic N) is 3. The van der Waals surface area contributed by atoms with Crippen LogP contribution >= 0.6 is 11.8 Å². The summed E-state index contributed by atoms with van der Waals surface area (Å²) in [6.07, 6.45) is 1.59. The quantitative estimate of drug-likeness (QED) is 0.308. The fourth-order valence-electron chi connectivity index (χ4n) is 3.09. The van der Waals surface area contributed by atoms with Crippen LogP contribution < -0.4 is 15.2 Å². The number of hydrogen-bond acceptors (Lipinski definition) is 8. The summed E-state index contributed by atoms with van der Waals surface area (Å²) in [6, 6.07) is 17.0. The number of furan rings is 1. The van der Waals surface area contributed by atoms with Gasteiger partial charge >= 0.3 is 0 Å². The fourth-order valence-corrected chi connectivity index (χ4v) is 4.36. The second kappa shape index (κ2) is 10.8. The summed E-state index contributed by atoms with van der Waals surface area (Å²) in [6.45, 7) is 2.58. The Morgan fingerprint density at radius 3 is 2.51 bits per heavy atom. The van der Waals surface area contributed by atoms with E-state index in [0.29, 0.717) is 34.7 Å². The molecule has 12 heteroatoms. The zero-order valence-electron chi connectivity index (χ0n) is 18.7. The number of ether oxygens (including phenoxy) is 1. The number of nitrogens with two attached hydrogens (primary N) is 1. The molecular weight excluding hydrogens is 490 g/mol. The van der Waals surface area contributed by atoms with E-state index in [1.165, 1.54) is 36.0 Å². The fraction of sp³-hybridized carbons (Fsp3) is 0.174. The van der Waals surface area contributed by atoms with Gasteiger partial charge in [-0.25, -0.2) is 13.6 Å². The molecule has 2 aromatic carbocycles. The van der Waals surface area contributed by atoms with Crippen molar-refractivity contribution in [3.8, 4) is 5.75 Å². The summed E-state index contributed by atoms with van der Waals surface area (Å²) < 4.78 is 35.9. The number of carbonyl (C=O) groups is 1. The largest absolute Gasteiger partial charge is 0.486 e. The minimum atomic E-state index is -3.80. The first kappa shape index (κ1) is 24.5. The first-order chi connectivity index (χ1) is 16.8. The molecule has 35 heavy (non-hydrogen) atoms. The van der Waals surface area contributed by atoms with E-state index in [0.717, 1.165) is 5.56 Å². The van der Waals surface area contributed by atoms with E-state index in [1.54, 1.807) is 12.3 Å². The Morgan fingerprint density at radius 2 is 1.86 bits per heavy atom. The molecule has 0 radical (unpaired) electrons. The van der Waals surface area contributed by atoms with Gasteiger partial charge in [0.1, 0.15) is 18.1 Å². The van der Waals surface area contributed by atoms with Gasteiger partial charge in [-0.2, -0.15) is 0 Å². The Kier molecular flexibility index (Phi) is 7.54. The van der Waals surface area contributed by atoms with Crippen LogP contribution in [-0.2, 0) is 28.0 Å². The van der Waals surface area contributed by atoms with Crippen LogP contribution in [0.2, 0.25) is 0 Å². The second-order valence-corrected chi connectivity index (χ2v) is 10.1. The topological polar surface area (TPSA) is 142 Å². The number of aromatic nitrogens is 3. The van der Waals surface area contributed by atoms with Crippen molar-refractivity contribution in [1.29, 1.82) is 0 Å². The van der Waals surface area contributed by atoms with Crippen LogP contribution in [0.5, 0.6) is 5.75 Å². The van der Waals surface area contributed by atoms with E-state index in [1.807, 2.05) is 41.8 Å². The number of sulfonamides is 1. The molecule has 0 bridgehead atoms. The lowest BCUT2D eigenvalue weighted by atomic mass is 10.2. The molecule has 0 aliphatic heterocycles. The van der Waals surface area contributed by atoms with E-state index in [4.69, 9.17) is 14.3 Å². The number of primary sulfonamides is 1. The molecule has 4 rings (SSSR count). The maximum absolute atomic E-state index is 12.5. The van der Waals surface area contributed by atoms with Gasteiger partial charge in [0, 0.05) is 5.69 Å². The lowest BCUT2D eigenvalue weighted by Crippen LogP contribution is -2.16. The minimum absolute atomic E-state index is 0.0312. The zero-order valence-corrected chi connectivity index (χ0v) is 20.4. The highest BCUT2D eigenvalue weighted by Gasteiger charge is 2.17. The SMILES string of the molecule is Cc1ccc(OCc2nnc(SCC(=O)Nc3ccc(S(N)(=O)=O)cc3)n2Cc2ccco2)cc1. The standard InChI is InChI=1S/C23H23N5O5S2/c1-16-4-8-18(9-5-16)33-14-21-26-27-23(28(21)13-19-3-2-12-32-19)34-15-22(29)25-17-6-10-20(11-7-17)35(24,30)31/h2-12H,13-15H2,1H3,(H,25,29)(H2,24,30,31). The van der Waals surface area contributed by atoms with Crippen molar-refractivity contribution in [2.75, 3.05) is 11.1 Å². The predicted octanol–water partition coefficient (Wildman–Crippen LogP) is 3.19. The van der Waals surface area contributed by atoms with Crippen LogP contribution in [0.4, 0.5) is 5.69 Å². The van der Waals surface area contributed by atoms with E-state index in [2.05, 4.69) is 15.5 Å². The molecule has 4 aromatic rings. The van der Waals surface area contributed by atoms with Gasteiger partial charge in [-0.1, -0.05) is 29.5 Å². The first-order valence-electron chi connectivity index (χ1n) is 10.5. The zero-order chi connectivity index (χ0) is 24.8. The smallest absolute Gasteiger partial charge is 0.238 e. The summed E-state index contributed by atoms with van der Waals surface area (Å²) in [5.41, 5.74) is 1.59. The van der Waals surface area contributed by atoms with Crippen molar-refractivity contribution in [2.45, 2.75) is 30.1 Å². The van der Waals surface area contributed by atoms with Crippen LogP contribution in [0.25, 0.3) is 0 Å². The van der Waals surface area contributed by atoms with E-state index < -0.39 is 10.0 Å². The maximum atomic E-state index is 12.5. The number of rotatable bonds is 10. The van der Waals surface area contributed by atoms with Gasteiger partial charge in [-0.15, -0.1) is 10.2 Å². The molecule has 0 spiro atoms. The Bertz CT molecular complexity index is 1380. The number of nitrogens with one attached hydrogen (secondary N) is 1. The highest BCUT2D eigenvalue weighted by Crippen LogP contribution is 2.21. The van der Waals surface area contributed by atoms with E-state index in [-0.39, 0.29) is 23.2 Å². The van der Waals surface area contributed by atoms with Gasteiger partial charge in [-0.3, -0.25) is 9.36 Å². The number of hydrogen-bond donors (Lipinski definition) is 2. The summed E-state index contributed by atoms with van der Waals surface area (Å²) in [5, 5.41) is 16.8. The van der Waals surface area contributed by atoms with Gasteiger partial charge < -0.3 is 14.5 Å². The number of anilines is 1. The molecule has 1 amide bonds. The Balaban J connectivity index is 1.42. The molecule has 2 aromatic heterocycles. The van der Waals surface area contributed by atoms with Crippen LogP contribution in [-0.4, -0.2) is 34.8 Å². The minimum Gasteiger partial charge on any atom is -0.486 e. The summed E-state index contributed by atoms with van der Waals surface area (Å²) in [5.74, 6) is 1.78. The van der Waals surface area contributed by atoms with Crippen molar-refractivity contribution in [1.82, 2.24) is 14.8 Å². The molecule has 0 saturated heterocycles. The highest BCUT2D eigenvalue weighted by atomic mass is 32.2. The number of amides is 1. The lowest BCUT2D eigenvalue weighted by Gasteiger charge is -2.10. The molecule has 3 N–H and O–H groups in total. The van der Waals surface area contributed by atoms with Crippen molar-refractivity contribution < 1.29 is 22.4 Å². The monoisotopic (exact) mass is 513 g/mol. The van der Waals surface area contributed by atoms with Gasteiger partial charge in [0.25, 0.3) is 0 Å². The number of thioether (sulfide) groups is 1. The van der Waals surface area contributed by atoms with Gasteiger partial charge in [0.05, 0.1) is 23.5 Å². The van der Waals surface area contributed by atoms with Crippen LogP contribution in [0.3, 0.4) is 0 Å². The van der Waals surface area contributed by atoms with Crippen molar-refractivity contribution in [3.05, 3.63) is 84.1 Å². The molecular formula is C23H23N5O5S2. The Morgan fingerprint density at radius 1 is 1.11 bits per heavy atom. The van der Waals surface area contributed by atoms with Crippen molar-refractivity contribution >= 4 is 33.4 Å². The molecule has 182 valence electrons. The van der Waals surface area contributed by atoms with Crippen molar-refractivity contribution in [3.63, 3.8) is 0 Å². The molecule has 10 nitrogen and oxygen atoms in total. The van der Waals surface area contributed by atoms with Crippen LogP contribution in [0.1, 0.15) is 17.1 Å². The average molecular weight is 514 g/mol. The number of aryl methyl sites for hydroxylation is 1. The summed E-state index contributed by atoms with van der Waals surface area (Å²) in [4.78, 5) is 12.4. The molecule has 0 saturated carbocycles. The normalized spacial score (nSPS) is 11.4. The van der Waals surface area contributed by atoms with Gasteiger partial charge in [-0.05, 0) is 55.5 Å². The van der Waals surface area contributed by atoms with Gasteiger partial charge in [0.2, 0.25) is 15.9 Å². The summed E-state index contributed by atoms with van der Waals surface area (Å²) in [7, 11) is -3.80. The maximum Gasteiger partial charge on any atom is 0.238 e. The third-order valence-corrected chi connectivity index (χ3v) is 6.77. The number of carbonyl (C=O) groups excluding carboxylic acids is 1. The van der Waals surface area contributed by atoms with E-state index >= 15 is 0 Å². The molecule has 0 aliphatic rings. The first-order valence-corrected chi connectivity index (χ1v) is 13.0. The Labute approximate surface area is 206 Å². The van der Waals surface area contributed by atoms with Gasteiger partial charge in [0.15, 0.2) is 11.0 Å². The number of benzene rings is 2. The Hall–Kier alpha value is -3.61. The molecule has 0 fully saturated rings. The third kappa shape index (κ3) is 6.72. The average Bonchev–Trinajstić information content (AvgIpc) is 3.47. The van der Waals surface area contributed by atoms with E-state index in [9.17, 15) is 13.2 Å². The molecule has 2 heterocycles. The predicted molar refractivity (Wildman–Crippen MR) is 131 cm³/mol. The molecule has 0 aliphatic carbocycles. The molecule has 0 unspecified atom stereocenters. The van der Waals surface area contributed by atoms with Crippen LogP contribution in [0.15, 0.2) is 81.4 Å². The van der Waals surface area contributed by atoms with Crippen molar-refractivity contribution in [2.24, 2.45) is 5.14 Å². The highest BCUT2D eigenvalue weighted by molar-refractivity contribution is 7.99. The molecule has 0 atom stereocenters. The summed E-state index contributed by atoms with van der Waals surface area (Å²) >= 11 is 1.21. The van der Waals surface area contributed by atoms with Crippen LogP contribution in [0, 0.1) is 6.92 Å². The third-order valence-electron chi connectivity index (χ3n) is 4.88. The lowest BCUT2D eigenvalue weighted by molar-refractivity contribution is -0.113.